The van der Waals surface area contributed by atoms with E-state index in [2.05, 4.69) is 37.4 Å². The zero-order valence-electron chi connectivity index (χ0n) is 12.4. The average molecular weight is 274 g/mol. The fraction of sp³-hybridized carbons (Fsp3) is 0.500. The predicted octanol–water partition coefficient (Wildman–Crippen LogP) is 2.10. The number of carbonyl (C=O) groups excluding carboxylic acids is 2. The van der Waals surface area contributed by atoms with Gasteiger partial charge < -0.3 is 5.32 Å². The number of likely N-dealkylation sites (tertiary alicyclic amines) is 1. The van der Waals surface area contributed by atoms with E-state index in [9.17, 15) is 9.59 Å². The lowest BCUT2D eigenvalue weighted by molar-refractivity contribution is -0.138. The molecule has 0 aromatic heterocycles. The van der Waals surface area contributed by atoms with Gasteiger partial charge in [0.05, 0.1) is 6.04 Å². The summed E-state index contributed by atoms with van der Waals surface area (Å²) in [4.78, 5) is 24.9. The Labute approximate surface area is 120 Å². The molecule has 108 valence electrons. The van der Waals surface area contributed by atoms with Gasteiger partial charge in [-0.15, -0.1) is 0 Å². The average Bonchev–Trinajstić information content (AvgIpc) is 2.73. The van der Waals surface area contributed by atoms with E-state index in [1.807, 2.05) is 6.92 Å². The molecule has 1 aliphatic rings. The van der Waals surface area contributed by atoms with E-state index in [1.54, 1.807) is 0 Å². The van der Waals surface area contributed by atoms with E-state index in [0.717, 1.165) is 12.1 Å². The lowest BCUT2D eigenvalue weighted by Gasteiger charge is -2.24. The molecule has 1 aromatic rings. The fourth-order valence-electron chi connectivity index (χ4n) is 2.52. The van der Waals surface area contributed by atoms with Crippen LogP contribution >= 0.6 is 0 Å². The van der Waals surface area contributed by atoms with Crippen LogP contribution in [-0.4, -0.2) is 29.8 Å². The highest BCUT2D eigenvalue weighted by atomic mass is 16.2. The van der Waals surface area contributed by atoms with Crippen LogP contribution < -0.4 is 5.32 Å². The van der Waals surface area contributed by atoms with Gasteiger partial charge >= 0.3 is 0 Å². The maximum Gasteiger partial charge on any atom is 0.229 e. The number of likely N-dealkylation sites (N-methyl/N-ethyl adjacent to an activating group) is 1. The maximum absolute atomic E-state index is 11.8. The van der Waals surface area contributed by atoms with Crippen LogP contribution in [0.3, 0.4) is 0 Å². The molecule has 2 rings (SSSR count). The third kappa shape index (κ3) is 3.07. The number of benzene rings is 1. The van der Waals surface area contributed by atoms with Crippen LogP contribution in [0.4, 0.5) is 0 Å². The summed E-state index contributed by atoms with van der Waals surface area (Å²) in [5.41, 5.74) is 3.60. The minimum Gasteiger partial charge on any atom is -0.309 e. The third-order valence-electron chi connectivity index (χ3n) is 3.90. The van der Waals surface area contributed by atoms with Crippen LogP contribution in [0, 0.1) is 13.8 Å². The van der Waals surface area contributed by atoms with Crippen molar-refractivity contribution in [1.29, 1.82) is 0 Å². The van der Waals surface area contributed by atoms with Crippen molar-refractivity contribution in [3.05, 3.63) is 34.9 Å². The number of nitrogens with zero attached hydrogens (tertiary/aromatic N) is 1. The lowest BCUT2D eigenvalue weighted by Crippen LogP contribution is -2.38. The van der Waals surface area contributed by atoms with Crippen LogP contribution in [0.15, 0.2) is 18.2 Å². The third-order valence-corrected chi connectivity index (χ3v) is 3.90. The monoisotopic (exact) mass is 274 g/mol. The number of rotatable bonds is 5. The standard InChI is InChI=1S/C16H22N2O2/c1-4-17-14(10-18-15(19)7-8-16(18)20)13-6-5-11(2)12(3)9-13/h5-6,9,14,17H,4,7-8,10H2,1-3H3. The van der Waals surface area contributed by atoms with Crippen molar-refractivity contribution >= 4 is 11.8 Å². The summed E-state index contributed by atoms with van der Waals surface area (Å²) in [5.74, 6) is -0.108. The van der Waals surface area contributed by atoms with Gasteiger partial charge in [-0.25, -0.2) is 0 Å². The summed E-state index contributed by atoms with van der Waals surface area (Å²) in [7, 11) is 0. The smallest absolute Gasteiger partial charge is 0.229 e. The van der Waals surface area contributed by atoms with E-state index < -0.39 is 0 Å². The Balaban J connectivity index is 2.20. The van der Waals surface area contributed by atoms with Crippen molar-refractivity contribution in [1.82, 2.24) is 10.2 Å². The second kappa shape index (κ2) is 6.18. The molecule has 1 fully saturated rings. The Bertz CT molecular complexity index is 509. The van der Waals surface area contributed by atoms with Crippen molar-refractivity contribution < 1.29 is 9.59 Å². The van der Waals surface area contributed by atoms with Gasteiger partial charge in [0.15, 0.2) is 0 Å². The zero-order chi connectivity index (χ0) is 14.7. The normalized spacial score (nSPS) is 16.9. The van der Waals surface area contributed by atoms with Gasteiger partial charge in [-0.1, -0.05) is 25.1 Å². The molecule has 4 heteroatoms. The Morgan fingerprint density at radius 2 is 1.80 bits per heavy atom. The van der Waals surface area contributed by atoms with Crippen LogP contribution in [0.25, 0.3) is 0 Å². The second-order valence-electron chi connectivity index (χ2n) is 5.35. The minimum absolute atomic E-state index is 0.00491. The van der Waals surface area contributed by atoms with Crippen LogP contribution in [0.2, 0.25) is 0 Å². The molecule has 1 heterocycles. The highest BCUT2D eigenvalue weighted by Crippen LogP contribution is 2.21. The highest BCUT2D eigenvalue weighted by molar-refractivity contribution is 6.01. The molecule has 2 amide bonds. The molecule has 1 saturated heterocycles. The highest BCUT2D eigenvalue weighted by Gasteiger charge is 2.31. The Kier molecular flexibility index (Phi) is 4.55. The predicted molar refractivity (Wildman–Crippen MR) is 78.3 cm³/mol. The molecule has 0 bridgehead atoms. The molecule has 1 aliphatic heterocycles. The zero-order valence-corrected chi connectivity index (χ0v) is 12.4. The first-order chi connectivity index (χ1) is 9.52. The number of nitrogens with one attached hydrogen (secondary N) is 1. The maximum atomic E-state index is 11.8. The van der Waals surface area contributed by atoms with Crippen LogP contribution in [-0.2, 0) is 9.59 Å². The summed E-state index contributed by atoms with van der Waals surface area (Å²) in [6.07, 6.45) is 0.704. The topological polar surface area (TPSA) is 49.4 Å². The molecule has 20 heavy (non-hydrogen) atoms. The molecular weight excluding hydrogens is 252 g/mol. The SMILES string of the molecule is CCNC(CN1C(=O)CCC1=O)c1ccc(C)c(C)c1. The van der Waals surface area contributed by atoms with Gasteiger partial charge in [-0.2, -0.15) is 0 Å². The summed E-state index contributed by atoms with van der Waals surface area (Å²) in [5, 5.41) is 3.37. The Morgan fingerprint density at radius 1 is 1.15 bits per heavy atom. The summed E-state index contributed by atoms with van der Waals surface area (Å²) < 4.78 is 0. The number of aryl methyl sites for hydroxylation is 2. The van der Waals surface area contributed by atoms with Crippen molar-refractivity contribution in [2.75, 3.05) is 13.1 Å². The van der Waals surface area contributed by atoms with Gasteiger partial charge in [-0.05, 0) is 37.1 Å². The van der Waals surface area contributed by atoms with Crippen LogP contribution in [0.1, 0.15) is 42.5 Å². The number of amides is 2. The first kappa shape index (κ1) is 14.7. The minimum atomic E-state index is -0.0539. The molecule has 0 radical (unpaired) electrons. The van der Waals surface area contributed by atoms with Gasteiger partial charge in [-0.3, -0.25) is 14.5 Å². The van der Waals surface area contributed by atoms with Crippen molar-refractivity contribution in [3.63, 3.8) is 0 Å². The molecule has 1 aromatic carbocycles. The van der Waals surface area contributed by atoms with Gasteiger partial charge in [0.1, 0.15) is 0 Å². The molecule has 4 nitrogen and oxygen atoms in total. The van der Waals surface area contributed by atoms with E-state index >= 15 is 0 Å². The Morgan fingerprint density at radius 3 is 2.35 bits per heavy atom. The molecule has 1 atom stereocenters. The molecule has 1 N–H and O–H groups in total. The number of imide groups is 1. The van der Waals surface area contributed by atoms with Gasteiger partial charge in [0.25, 0.3) is 0 Å². The number of carbonyl (C=O) groups is 2. The van der Waals surface area contributed by atoms with E-state index in [1.165, 1.54) is 16.0 Å². The molecule has 0 aliphatic carbocycles. The Hall–Kier alpha value is -1.68. The van der Waals surface area contributed by atoms with E-state index in [-0.39, 0.29) is 17.9 Å². The molecule has 0 spiro atoms. The molecular formula is C16H22N2O2. The summed E-state index contributed by atoms with van der Waals surface area (Å²) >= 11 is 0. The number of hydrogen-bond donors (Lipinski definition) is 1. The fourth-order valence-corrected chi connectivity index (χ4v) is 2.52. The first-order valence-corrected chi connectivity index (χ1v) is 7.16. The quantitative estimate of drug-likeness (QED) is 0.837. The second-order valence-corrected chi connectivity index (χ2v) is 5.35. The molecule has 0 saturated carbocycles. The largest absolute Gasteiger partial charge is 0.309 e. The molecule has 1 unspecified atom stereocenters. The first-order valence-electron chi connectivity index (χ1n) is 7.16. The van der Waals surface area contributed by atoms with Crippen molar-refractivity contribution in [2.24, 2.45) is 0 Å². The summed E-state index contributed by atoms with van der Waals surface area (Å²) in [6, 6.07) is 6.29. The van der Waals surface area contributed by atoms with E-state index in [0.29, 0.717) is 19.4 Å². The number of hydrogen-bond acceptors (Lipinski definition) is 3. The van der Waals surface area contributed by atoms with Gasteiger partial charge in [0.2, 0.25) is 11.8 Å². The lowest BCUT2D eigenvalue weighted by atomic mass is 10.0. The van der Waals surface area contributed by atoms with E-state index in [4.69, 9.17) is 0 Å². The van der Waals surface area contributed by atoms with Crippen molar-refractivity contribution in [2.45, 2.75) is 39.7 Å². The summed E-state index contributed by atoms with van der Waals surface area (Å²) in [6.45, 7) is 7.41. The van der Waals surface area contributed by atoms with Gasteiger partial charge in [0, 0.05) is 19.4 Å². The van der Waals surface area contributed by atoms with Crippen molar-refractivity contribution in [3.8, 4) is 0 Å². The van der Waals surface area contributed by atoms with Crippen LogP contribution in [0.5, 0.6) is 0 Å².